The fraction of sp³-hybridized carbons (Fsp3) is 0.474. The van der Waals surface area contributed by atoms with E-state index in [1.165, 1.54) is 69.2 Å². The first-order valence-corrected chi connectivity index (χ1v) is 17.5. The quantitative estimate of drug-likeness (QED) is 0.0637. The number of hydrogen-bond acceptors (Lipinski definition) is 6. The summed E-state index contributed by atoms with van der Waals surface area (Å²) in [5.74, 6) is -0.759. The Balaban J connectivity index is 1.41. The molecule has 0 heterocycles. The Hall–Kier alpha value is -3.46. The third-order valence-corrected chi connectivity index (χ3v) is 8.51. The molecule has 5 nitrogen and oxygen atoms in total. The van der Waals surface area contributed by atoms with Gasteiger partial charge in [0.25, 0.3) is 0 Å². The van der Waals surface area contributed by atoms with Gasteiger partial charge >= 0.3 is 18.1 Å². The molecular weight excluding hydrogens is 625 g/mol. The van der Waals surface area contributed by atoms with Crippen molar-refractivity contribution in [3.63, 3.8) is 0 Å². The molecule has 47 heavy (non-hydrogen) atoms. The average Bonchev–Trinajstić information content (AvgIpc) is 3.08. The van der Waals surface area contributed by atoms with E-state index >= 15 is 0 Å². The summed E-state index contributed by atoms with van der Waals surface area (Å²) in [5.41, 5.74) is 2.29. The van der Waals surface area contributed by atoms with Crippen LogP contribution in [0.15, 0.2) is 77.7 Å². The molecule has 0 aromatic heterocycles. The lowest BCUT2D eigenvalue weighted by Crippen LogP contribution is -2.33. The van der Waals surface area contributed by atoms with Crippen LogP contribution in [0.25, 0.3) is 11.1 Å². The summed E-state index contributed by atoms with van der Waals surface area (Å²) in [6, 6.07) is 20.6. The summed E-state index contributed by atoms with van der Waals surface area (Å²) >= 11 is 0.799. The average molecular weight is 673 g/mol. The SMILES string of the molecule is CCCCCCCCCCOc1ccc(-c2ccc(C(=O)OSc3ccc(C(=O)OC(CCCCCC)C(F)(F)F)cc3)cc2)cc1. The lowest BCUT2D eigenvalue weighted by molar-refractivity contribution is -0.206. The predicted octanol–water partition coefficient (Wildman–Crippen LogP) is 11.8. The molecule has 0 bridgehead atoms. The van der Waals surface area contributed by atoms with E-state index < -0.39 is 24.2 Å². The first kappa shape index (κ1) is 38.0. The monoisotopic (exact) mass is 672 g/mol. The van der Waals surface area contributed by atoms with E-state index in [0.717, 1.165) is 48.2 Å². The molecule has 0 fully saturated rings. The Morgan fingerprint density at radius 3 is 1.70 bits per heavy atom. The summed E-state index contributed by atoms with van der Waals surface area (Å²) in [6.45, 7) is 4.91. The van der Waals surface area contributed by atoms with E-state index in [0.29, 0.717) is 29.9 Å². The van der Waals surface area contributed by atoms with Crippen LogP contribution in [0, 0.1) is 0 Å². The minimum absolute atomic E-state index is 0.0119. The van der Waals surface area contributed by atoms with Crippen LogP contribution in [0.5, 0.6) is 5.75 Å². The van der Waals surface area contributed by atoms with Crippen molar-refractivity contribution < 1.29 is 36.4 Å². The van der Waals surface area contributed by atoms with Crippen LogP contribution in [-0.4, -0.2) is 30.8 Å². The molecule has 0 radical (unpaired) electrons. The minimum atomic E-state index is -4.63. The number of carbonyl (C=O) groups excluding carboxylic acids is 2. The van der Waals surface area contributed by atoms with E-state index in [4.69, 9.17) is 13.7 Å². The van der Waals surface area contributed by atoms with Crippen molar-refractivity contribution >= 4 is 24.0 Å². The van der Waals surface area contributed by atoms with E-state index in [-0.39, 0.29) is 12.0 Å². The van der Waals surface area contributed by atoms with Crippen molar-refractivity contribution in [2.75, 3.05) is 6.61 Å². The molecule has 3 aromatic rings. The standard InChI is InChI=1S/C38H47F3O5S/c1-3-5-7-9-10-11-12-14-28-44-33-24-20-30(21-25-33)29-16-18-32(19-17-29)37(43)46-47-34-26-22-31(23-27-34)36(42)45-35(38(39,40)41)15-13-8-6-4-2/h16-27,35H,3-15,28H2,1-2H3. The zero-order valence-electron chi connectivity index (χ0n) is 27.5. The van der Waals surface area contributed by atoms with Crippen LogP contribution in [-0.2, 0) is 8.92 Å². The number of halogens is 3. The largest absolute Gasteiger partial charge is 0.494 e. The number of carbonyl (C=O) groups is 2. The maximum atomic E-state index is 13.4. The normalized spacial score (nSPS) is 12.0. The molecule has 0 saturated heterocycles. The molecule has 0 aliphatic carbocycles. The molecule has 1 unspecified atom stereocenters. The summed E-state index contributed by atoms with van der Waals surface area (Å²) in [5, 5.41) is 0. The Kier molecular flexibility index (Phi) is 16.7. The molecule has 0 aliphatic heterocycles. The van der Waals surface area contributed by atoms with Crippen molar-refractivity contribution in [1.29, 1.82) is 0 Å². The van der Waals surface area contributed by atoms with Gasteiger partial charge in [0.15, 0.2) is 6.10 Å². The van der Waals surface area contributed by atoms with Crippen LogP contribution in [0.3, 0.4) is 0 Å². The van der Waals surface area contributed by atoms with Crippen molar-refractivity contribution in [3.8, 4) is 16.9 Å². The highest BCUT2D eigenvalue weighted by Crippen LogP contribution is 2.29. The number of hydrogen-bond donors (Lipinski definition) is 0. The summed E-state index contributed by atoms with van der Waals surface area (Å²) in [7, 11) is 0. The number of esters is 1. The number of alkyl halides is 3. The molecule has 0 aliphatic rings. The highest BCUT2D eigenvalue weighted by atomic mass is 32.2. The lowest BCUT2D eigenvalue weighted by atomic mass is 10.0. The van der Waals surface area contributed by atoms with Crippen LogP contribution in [0.2, 0.25) is 0 Å². The molecule has 3 aromatic carbocycles. The van der Waals surface area contributed by atoms with E-state index in [2.05, 4.69) is 6.92 Å². The maximum absolute atomic E-state index is 13.4. The van der Waals surface area contributed by atoms with Crippen molar-refractivity contribution in [2.45, 2.75) is 114 Å². The Morgan fingerprint density at radius 2 is 1.13 bits per heavy atom. The smallest absolute Gasteiger partial charge is 0.425 e. The van der Waals surface area contributed by atoms with Crippen LogP contribution >= 0.6 is 12.0 Å². The molecule has 1 atom stereocenters. The Labute approximate surface area is 281 Å². The summed E-state index contributed by atoms with van der Waals surface area (Å²) in [6.07, 6.45) is 5.75. The molecule has 0 N–H and O–H groups in total. The third kappa shape index (κ3) is 14.1. The fourth-order valence-corrected chi connectivity index (χ4v) is 5.51. The molecule has 3 rings (SSSR count). The molecular formula is C38H47F3O5S. The second-order valence-electron chi connectivity index (χ2n) is 11.7. The van der Waals surface area contributed by atoms with Gasteiger partial charge in [-0.25, -0.2) is 9.59 Å². The maximum Gasteiger partial charge on any atom is 0.425 e. The minimum Gasteiger partial charge on any atom is -0.494 e. The molecule has 0 spiro atoms. The number of benzene rings is 3. The zero-order chi connectivity index (χ0) is 33.9. The molecule has 9 heteroatoms. The van der Waals surface area contributed by atoms with Gasteiger partial charge in [0, 0.05) is 4.90 Å². The van der Waals surface area contributed by atoms with Gasteiger partial charge in [-0.3, -0.25) is 0 Å². The number of ether oxygens (including phenoxy) is 2. The van der Waals surface area contributed by atoms with Crippen LogP contribution in [0.4, 0.5) is 13.2 Å². The van der Waals surface area contributed by atoms with E-state index in [1.807, 2.05) is 43.3 Å². The van der Waals surface area contributed by atoms with Crippen molar-refractivity contribution in [2.24, 2.45) is 0 Å². The van der Waals surface area contributed by atoms with Gasteiger partial charge in [0.1, 0.15) is 5.75 Å². The van der Waals surface area contributed by atoms with Gasteiger partial charge in [-0.15, -0.1) is 0 Å². The van der Waals surface area contributed by atoms with Crippen molar-refractivity contribution in [1.82, 2.24) is 0 Å². The Bertz CT molecular complexity index is 1330. The third-order valence-electron chi connectivity index (χ3n) is 7.81. The van der Waals surface area contributed by atoms with Crippen LogP contribution in [0.1, 0.15) is 118 Å². The van der Waals surface area contributed by atoms with Gasteiger partial charge in [0.2, 0.25) is 0 Å². The topological polar surface area (TPSA) is 61.8 Å². The van der Waals surface area contributed by atoms with Gasteiger partial charge in [-0.1, -0.05) is 102 Å². The first-order valence-electron chi connectivity index (χ1n) is 16.8. The predicted molar refractivity (Wildman–Crippen MR) is 182 cm³/mol. The molecule has 0 amide bonds. The highest BCUT2D eigenvalue weighted by Gasteiger charge is 2.42. The number of unbranched alkanes of at least 4 members (excludes halogenated alkanes) is 10. The second-order valence-corrected chi connectivity index (χ2v) is 12.5. The first-order chi connectivity index (χ1) is 22.7. The van der Waals surface area contributed by atoms with Crippen LogP contribution < -0.4 is 4.74 Å². The van der Waals surface area contributed by atoms with Gasteiger partial charge in [-0.2, -0.15) is 13.2 Å². The van der Waals surface area contributed by atoms with Gasteiger partial charge in [-0.05, 0) is 78.9 Å². The fourth-order valence-electron chi connectivity index (χ4n) is 4.99. The highest BCUT2D eigenvalue weighted by molar-refractivity contribution is 7.95. The van der Waals surface area contributed by atoms with E-state index in [9.17, 15) is 22.8 Å². The second kappa shape index (κ2) is 20.7. The summed E-state index contributed by atoms with van der Waals surface area (Å²) in [4.78, 5) is 25.5. The summed E-state index contributed by atoms with van der Waals surface area (Å²) < 4.78 is 56.1. The molecule has 256 valence electrons. The Morgan fingerprint density at radius 1 is 0.638 bits per heavy atom. The van der Waals surface area contributed by atoms with E-state index in [1.54, 1.807) is 12.1 Å². The van der Waals surface area contributed by atoms with Crippen molar-refractivity contribution in [3.05, 3.63) is 83.9 Å². The zero-order valence-corrected chi connectivity index (χ0v) is 28.3. The van der Waals surface area contributed by atoms with Gasteiger partial charge in [0.05, 0.1) is 29.8 Å². The number of rotatable bonds is 21. The molecule has 0 saturated carbocycles. The van der Waals surface area contributed by atoms with Gasteiger partial charge < -0.3 is 13.7 Å². The lowest BCUT2D eigenvalue weighted by Gasteiger charge is -2.20.